The molecule has 0 saturated carbocycles. The molecule has 0 spiro atoms. The molecule has 2 aromatic heterocycles. The number of hydrogen-bond donors (Lipinski definition) is 1. The zero-order chi connectivity index (χ0) is 16.8. The number of rotatable bonds is 3. The Morgan fingerprint density at radius 3 is 2.79 bits per heavy atom. The molecule has 1 N–H and O–H groups in total. The van der Waals surface area contributed by atoms with Crippen molar-refractivity contribution in [2.75, 3.05) is 0 Å². The number of nitrogens with one attached hydrogen (secondary N) is 1. The summed E-state index contributed by atoms with van der Waals surface area (Å²) in [5, 5.41) is 7.97. The second-order valence-electron chi connectivity index (χ2n) is 6.30. The third kappa shape index (κ3) is 2.29. The molecule has 1 aromatic carbocycles. The lowest BCUT2D eigenvalue weighted by Gasteiger charge is -2.15. The molecule has 1 aliphatic rings. The van der Waals surface area contributed by atoms with E-state index in [1.165, 1.54) is 0 Å². The van der Waals surface area contributed by atoms with Gasteiger partial charge in [0.15, 0.2) is 11.9 Å². The Morgan fingerprint density at radius 1 is 1.25 bits per heavy atom. The van der Waals surface area contributed by atoms with E-state index in [0.717, 1.165) is 47.2 Å². The van der Waals surface area contributed by atoms with Gasteiger partial charge in [0.05, 0.1) is 0 Å². The summed E-state index contributed by atoms with van der Waals surface area (Å²) in [6.07, 6.45) is 2.46. The average molecular weight is 325 g/mol. The van der Waals surface area contributed by atoms with Crippen molar-refractivity contribution in [3.05, 3.63) is 50.9 Å². The predicted octanol–water partition coefficient (Wildman–Crippen LogP) is 3.16. The van der Waals surface area contributed by atoms with Crippen LogP contribution in [-0.2, 0) is 12.8 Å². The van der Waals surface area contributed by atoms with Crippen molar-refractivity contribution in [3.8, 4) is 5.75 Å². The van der Waals surface area contributed by atoms with Crippen LogP contribution in [0, 0.1) is 13.8 Å². The van der Waals surface area contributed by atoms with Crippen LogP contribution >= 0.6 is 0 Å². The standard InChI is InChI=1S/C18H19N3O3/c1-9-15(23-10(2)17-19-11(3)20-21-17)8-7-13-12-5-4-6-14(12)18(22)24-16(9)13/h7-8,10H,4-6H2,1-3H3,(H,19,20,21). The smallest absolute Gasteiger partial charge is 0.339 e. The molecule has 4 rings (SSSR count). The molecule has 1 aliphatic carbocycles. The molecule has 0 bridgehead atoms. The largest absolute Gasteiger partial charge is 0.482 e. The molecule has 1 atom stereocenters. The number of hydrogen-bond acceptors (Lipinski definition) is 5. The number of aromatic amines is 1. The maximum atomic E-state index is 12.2. The van der Waals surface area contributed by atoms with Gasteiger partial charge in [-0.1, -0.05) is 0 Å². The van der Waals surface area contributed by atoms with Crippen LogP contribution in [0.1, 0.15) is 47.8 Å². The van der Waals surface area contributed by atoms with Crippen molar-refractivity contribution in [1.82, 2.24) is 15.2 Å². The first-order valence-corrected chi connectivity index (χ1v) is 8.18. The summed E-state index contributed by atoms with van der Waals surface area (Å²) in [5.41, 5.74) is 3.21. The summed E-state index contributed by atoms with van der Waals surface area (Å²) in [5.74, 6) is 2.03. The number of fused-ring (bicyclic) bond motifs is 3. The Labute approximate surface area is 138 Å². The molecule has 124 valence electrons. The number of H-pyrrole nitrogens is 1. The number of benzene rings is 1. The highest BCUT2D eigenvalue weighted by molar-refractivity contribution is 5.86. The lowest BCUT2D eigenvalue weighted by Crippen LogP contribution is -2.09. The molecular formula is C18H19N3O3. The van der Waals surface area contributed by atoms with Gasteiger partial charge in [-0.15, -0.1) is 0 Å². The minimum atomic E-state index is -0.299. The lowest BCUT2D eigenvalue weighted by molar-refractivity contribution is 0.215. The van der Waals surface area contributed by atoms with E-state index >= 15 is 0 Å². The molecule has 0 radical (unpaired) electrons. The van der Waals surface area contributed by atoms with Crippen LogP contribution in [0.15, 0.2) is 21.3 Å². The minimum Gasteiger partial charge on any atom is -0.482 e. The molecule has 3 aromatic rings. The fourth-order valence-corrected chi connectivity index (χ4v) is 3.38. The molecule has 6 nitrogen and oxygen atoms in total. The first-order valence-electron chi connectivity index (χ1n) is 8.18. The van der Waals surface area contributed by atoms with E-state index in [2.05, 4.69) is 15.2 Å². The third-order valence-electron chi connectivity index (χ3n) is 4.62. The first kappa shape index (κ1) is 14.9. The quantitative estimate of drug-likeness (QED) is 0.748. The predicted molar refractivity (Wildman–Crippen MR) is 89.4 cm³/mol. The van der Waals surface area contributed by atoms with Gasteiger partial charge in [-0.3, -0.25) is 5.10 Å². The fraction of sp³-hybridized carbons (Fsp3) is 0.389. The van der Waals surface area contributed by atoms with Crippen molar-refractivity contribution in [1.29, 1.82) is 0 Å². The van der Waals surface area contributed by atoms with Crippen molar-refractivity contribution in [2.45, 2.75) is 46.1 Å². The van der Waals surface area contributed by atoms with Crippen LogP contribution in [0.4, 0.5) is 0 Å². The molecule has 6 heteroatoms. The highest BCUT2D eigenvalue weighted by Gasteiger charge is 2.22. The van der Waals surface area contributed by atoms with E-state index in [0.29, 0.717) is 17.2 Å². The maximum Gasteiger partial charge on any atom is 0.339 e. The van der Waals surface area contributed by atoms with Crippen molar-refractivity contribution >= 4 is 11.0 Å². The van der Waals surface area contributed by atoms with Gasteiger partial charge in [0.2, 0.25) is 0 Å². The Bertz CT molecular complexity index is 987. The summed E-state index contributed by atoms with van der Waals surface area (Å²) >= 11 is 0. The van der Waals surface area contributed by atoms with Gasteiger partial charge in [0.25, 0.3) is 0 Å². The third-order valence-corrected chi connectivity index (χ3v) is 4.62. The highest BCUT2D eigenvalue weighted by Crippen LogP contribution is 2.34. The van der Waals surface area contributed by atoms with E-state index in [9.17, 15) is 4.79 Å². The average Bonchev–Trinajstić information content (AvgIpc) is 3.20. The normalized spacial score (nSPS) is 14.8. The Kier molecular flexibility index (Phi) is 3.40. The molecule has 2 heterocycles. The number of ether oxygens (including phenoxy) is 1. The van der Waals surface area contributed by atoms with E-state index in [-0.39, 0.29) is 11.7 Å². The van der Waals surface area contributed by atoms with E-state index in [1.807, 2.05) is 32.9 Å². The zero-order valence-electron chi connectivity index (χ0n) is 14.0. The van der Waals surface area contributed by atoms with Gasteiger partial charge in [-0.05, 0) is 57.7 Å². The molecule has 0 saturated heterocycles. The fourth-order valence-electron chi connectivity index (χ4n) is 3.38. The SMILES string of the molecule is Cc1nc(C(C)Oc2ccc3c4c(c(=O)oc3c2C)CCC4)n[nH]1. The maximum absolute atomic E-state index is 12.2. The highest BCUT2D eigenvalue weighted by atomic mass is 16.5. The van der Waals surface area contributed by atoms with Crippen molar-refractivity contribution in [3.63, 3.8) is 0 Å². The summed E-state index contributed by atoms with van der Waals surface area (Å²) < 4.78 is 11.6. The second-order valence-corrected chi connectivity index (χ2v) is 6.30. The molecule has 1 unspecified atom stereocenters. The second kappa shape index (κ2) is 5.47. The van der Waals surface area contributed by atoms with E-state index in [1.54, 1.807) is 0 Å². The topological polar surface area (TPSA) is 81.0 Å². The Hall–Kier alpha value is -2.63. The summed E-state index contributed by atoms with van der Waals surface area (Å²) in [6, 6.07) is 3.92. The van der Waals surface area contributed by atoms with Crippen LogP contribution in [0.3, 0.4) is 0 Å². The molecule has 24 heavy (non-hydrogen) atoms. The molecular weight excluding hydrogens is 306 g/mol. The van der Waals surface area contributed by atoms with Gasteiger partial charge < -0.3 is 9.15 Å². The van der Waals surface area contributed by atoms with Crippen molar-refractivity contribution < 1.29 is 9.15 Å². The van der Waals surface area contributed by atoms with Gasteiger partial charge in [0, 0.05) is 16.5 Å². The Morgan fingerprint density at radius 2 is 2.04 bits per heavy atom. The zero-order valence-corrected chi connectivity index (χ0v) is 14.0. The van der Waals surface area contributed by atoms with Gasteiger partial charge in [-0.2, -0.15) is 5.10 Å². The number of aromatic nitrogens is 3. The van der Waals surface area contributed by atoms with E-state index < -0.39 is 0 Å². The number of nitrogens with zero attached hydrogens (tertiary/aromatic N) is 2. The van der Waals surface area contributed by atoms with Gasteiger partial charge in [0.1, 0.15) is 17.2 Å². The number of aryl methyl sites for hydroxylation is 3. The van der Waals surface area contributed by atoms with Gasteiger partial charge >= 0.3 is 5.63 Å². The van der Waals surface area contributed by atoms with Crippen LogP contribution in [0.2, 0.25) is 0 Å². The summed E-state index contributed by atoms with van der Waals surface area (Å²) in [6.45, 7) is 5.66. The van der Waals surface area contributed by atoms with Crippen LogP contribution in [-0.4, -0.2) is 15.2 Å². The van der Waals surface area contributed by atoms with E-state index in [4.69, 9.17) is 9.15 Å². The van der Waals surface area contributed by atoms with Crippen LogP contribution in [0.25, 0.3) is 11.0 Å². The lowest BCUT2D eigenvalue weighted by atomic mass is 10.0. The molecule has 0 aliphatic heterocycles. The van der Waals surface area contributed by atoms with Crippen molar-refractivity contribution in [2.24, 2.45) is 0 Å². The minimum absolute atomic E-state index is 0.215. The van der Waals surface area contributed by atoms with Gasteiger partial charge in [-0.25, -0.2) is 9.78 Å². The van der Waals surface area contributed by atoms with Crippen LogP contribution in [0.5, 0.6) is 5.75 Å². The molecule has 0 fully saturated rings. The summed E-state index contributed by atoms with van der Waals surface area (Å²) in [4.78, 5) is 16.5. The Balaban J connectivity index is 1.76. The molecule has 0 amide bonds. The first-order chi connectivity index (χ1) is 11.5. The monoisotopic (exact) mass is 325 g/mol. The summed E-state index contributed by atoms with van der Waals surface area (Å²) in [7, 11) is 0. The van der Waals surface area contributed by atoms with Crippen LogP contribution < -0.4 is 10.4 Å².